The summed E-state index contributed by atoms with van der Waals surface area (Å²) in [4.78, 5) is 12.4. The molecule has 1 unspecified atom stereocenters. The molecule has 5 heteroatoms. The molecule has 4 nitrogen and oxygen atoms in total. The first kappa shape index (κ1) is 12.6. The van der Waals surface area contributed by atoms with Crippen molar-refractivity contribution in [3.05, 3.63) is 64.1 Å². The van der Waals surface area contributed by atoms with Gasteiger partial charge in [0.2, 0.25) is 0 Å². The van der Waals surface area contributed by atoms with Crippen LogP contribution in [0.15, 0.2) is 58.1 Å². The number of benzene rings is 2. The number of carbonyl (C=O) groups is 1. The molecule has 2 N–H and O–H groups in total. The summed E-state index contributed by atoms with van der Waals surface area (Å²) in [5, 5.41) is 7.34. The van der Waals surface area contributed by atoms with Crippen LogP contribution in [0.3, 0.4) is 0 Å². The fourth-order valence-electron chi connectivity index (χ4n) is 2.90. The lowest BCUT2D eigenvalue weighted by atomic mass is 9.86. The van der Waals surface area contributed by atoms with Gasteiger partial charge in [-0.25, -0.2) is 0 Å². The monoisotopic (exact) mass is 341 g/mol. The number of para-hydroxylation sites is 1. The van der Waals surface area contributed by atoms with Crippen LogP contribution in [0, 0.1) is 0 Å². The van der Waals surface area contributed by atoms with Gasteiger partial charge in [-0.2, -0.15) is 5.10 Å². The smallest absolute Gasteiger partial charge is 0.256 e. The number of rotatable bonds is 1. The molecule has 2 aromatic rings. The highest BCUT2D eigenvalue weighted by Gasteiger charge is 2.50. The van der Waals surface area contributed by atoms with Gasteiger partial charge >= 0.3 is 0 Å². The molecule has 0 aliphatic carbocycles. The maximum atomic E-state index is 12.4. The van der Waals surface area contributed by atoms with E-state index in [0.29, 0.717) is 6.42 Å². The van der Waals surface area contributed by atoms with Crippen LogP contribution in [-0.4, -0.2) is 11.6 Å². The van der Waals surface area contributed by atoms with Crippen LogP contribution in [0.4, 0.5) is 5.69 Å². The van der Waals surface area contributed by atoms with Crippen molar-refractivity contribution in [3.63, 3.8) is 0 Å². The van der Waals surface area contributed by atoms with E-state index in [4.69, 9.17) is 0 Å². The number of halogens is 1. The van der Waals surface area contributed by atoms with Crippen molar-refractivity contribution in [2.75, 3.05) is 5.32 Å². The third-order valence-electron chi connectivity index (χ3n) is 4.01. The number of nitrogens with one attached hydrogen (secondary N) is 2. The maximum absolute atomic E-state index is 12.4. The van der Waals surface area contributed by atoms with E-state index in [1.807, 2.05) is 48.5 Å². The molecule has 0 radical (unpaired) electrons. The summed E-state index contributed by atoms with van der Waals surface area (Å²) in [6.45, 7) is 0. The largest absolute Gasteiger partial charge is 0.323 e. The lowest BCUT2D eigenvalue weighted by Gasteiger charge is -2.20. The first-order valence-corrected chi connectivity index (χ1v) is 7.49. The van der Waals surface area contributed by atoms with E-state index in [2.05, 4.69) is 31.8 Å². The molecule has 1 atom stereocenters. The predicted molar refractivity (Wildman–Crippen MR) is 85.2 cm³/mol. The number of anilines is 1. The highest BCUT2D eigenvalue weighted by atomic mass is 79.9. The molecule has 1 amide bonds. The molecule has 0 saturated carbocycles. The molecule has 0 fully saturated rings. The van der Waals surface area contributed by atoms with Crippen molar-refractivity contribution in [1.29, 1.82) is 0 Å². The summed E-state index contributed by atoms with van der Waals surface area (Å²) >= 11 is 3.43. The van der Waals surface area contributed by atoms with Crippen LogP contribution in [-0.2, 0) is 10.3 Å². The number of hydrazone groups is 1. The van der Waals surface area contributed by atoms with Gasteiger partial charge in [-0.05, 0) is 23.8 Å². The minimum absolute atomic E-state index is 0.0421. The standard InChI is InChI=1S/C16H12BrN3O/c17-11-7-5-10(6-8-11)14-9-16(20-19-14)12-3-1-2-4-13(12)18-15(16)21/h1-8,20H,9H2,(H,18,21). The number of fused-ring (bicyclic) bond motifs is 2. The fraction of sp³-hybridized carbons (Fsp3) is 0.125. The molecule has 1 spiro atoms. The summed E-state index contributed by atoms with van der Waals surface area (Å²) in [6.07, 6.45) is 0.553. The first-order chi connectivity index (χ1) is 10.2. The van der Waals surface area contributed by atoms with Gasteiger partial charge in [0.05, 0.1) is 5.71 Å². The van der Waals surface area contributed by atoms with Crippen molar-refractivity contribution in [2.45, 2.75) is 12.0 Å². The average Bonchev–Trinajstić information content (AvgIpc) is 3.05. The Labute approximate surface area is 130 Å². The van der Waals surface area contributed by atoms with E-state index in [1.165, 1.54) is 0 Å². The highest BCUT2D eigenvalue weighted by molar-refractivity contribution is 9.10. The number of nitrogens with zero attached hydrogens (tertiary/aromatic N) is 1. The summed E-state index contributed by atoms with van der Waals surface area (Å²) in [5.41, 5.74) is 6.05. The Morgan fingerprint density at radius 1 is 1.10 bits per heavy atom. The van der Waals surface area contributed by atoms with Gasteiger partial charge < -0.3 is 5.32 Å². The molecule has 104 valence electrons. The second kappa shape index (κ2) is 4.43. The van der Waals surface area contributed by atoms with E-state index in [-0.39, 0.29) is 5.91 Å². The quantitative estimate of drug-likeness (QED) is 0.837. The van der Waals surface area contributed by atoms with Crippen LogP contribution in [0.1, 0.15) is 17.5 Å². The zero-order valence-electron chi connectivity index (χ0n) is 11.1. The molecule has 2 aliphatic heterocycles. The molecule has 0 bridgehead atoms. The van der Waals surface area contributed by atoms with Crippen molar-refractivity contribution in [1.82, 2.24) is 5.43 Å². The van der Waals surface area contributed by atoms with Crippen LogP contribution in [0.2, 0.25) is 0 Å². The Hall–Kier alpha value is -2.14. The lowest BCUT2D eigenvalue weighted by molar-refractivity contribution is -0.121. The van der Waals surface area contributed by atoms with E-state index < -0.39 is 5.54 Å². The normalized spacial score (nSPS) is 22.7. The molecular weight excluding hydrogens is 330 g/mol. The average molecular weight is 342 g/mol. The van der Waals surface area contributed by atoms with Gasteiger partial charge in [-0.3, -0.25) is 10.2 Å². The Morgan fingerprint density at radius 2 is 1.86 bits per heavy atom. The molecule has 0 saturated heterocycles. The summed E-state index contributed by atoms with van der Waals surface area (Å²) in [5.74, 6) is -0.0421. The van der Waals surface area contributed by atoms with Crippen LogP contribution in [0.25, 0.3) is 0 Å². The summed E-state index contributed by atoms with van der Waals surface area (Å²) in [6, 6.07) is 15.7. The third kappa shape index (κ3) is 1.81. The number of hydrogen-bond donors (Lipinski definition) is 2. The predicted octanol–water partition coefficient (Wildman–Crippen LogP) is 2.99. The first-order valence-electron chi connectivity index (χ1n) is 6.70. The second-order valence-electron chi connectivity index (χ2n) is 5.26. The highest BCUT2D eigenvalue weighted by Crippen LogP contribution is 2.41. The molecule has 0 aromatic heterocycles. The molecule has 2 aliphatic rings. The second-order valence-corrected chi connectivity index (χ2v) is 6.17. The van der Waals surface area contributed by atoms with E-state index >= 15 is 0 Å². The van der Waals surface area contributed by atoms with Gasteiger partial charge in [0.1, 0.15) is 0 Å². The SMILES string of the molecule is O=C1Nc2ccccc2C12CC(c1ccc(Br)cc1)=NN2. The minimum Gasteiger partial charge on any atom is -0.323 e. The topological polar surface area (TPSA) is 53.5 Å². The van der Waals surface area contributed by atoms with Gasteiger partial charge in [-0.1, -0.05) is 46.3 Å². The summed E-state index contributed by atoms with van der Waals surface area (Å²) < 4.78 is 1.02. The minimum atomic E-state index is -0.765. The van der Waals surface area contributed by atoms with Crippen LogP contribution in [0.5, 0.6) is 0 Å². The summed E-state index contributed by atoms with van der Waals surface area (Å²) in [7, 11) is 0. The third-order valence-corrected chi connectivity index (χ3v) is 4.54. The van der Waals surface area contributed by atoms with Gasteiger partial charge in [0.25, 0.3) is 5.91 Å². The Balaban J connectivity index is 1.72. The van der Waals surface area contributed by atoms with Gasteiger partial charge in [-0.15, -0.1) is 0 Å². The van der Waals surface area contributed by atoms with Crippen molar-refractivity contribution in [3.8, 4) is 0 Å². The molecule has 2 aromatic carbocycles. The molecule has 4 rings (SSSR count). The van der Waals surface area contributed by atoms with Crippen molar-refractivity contribution >= 4 is 33.2 Å². The molecular formula is C16H12BrN3O. The van der Waals surface area contributed by atoms with Crippen molar-refractivity contribution < 1.29 is 4.79 Å². The van der Waals surface area contributed by atoms with E-state index in [0.717, 1.165) is 27.0 Å². The van der Waals surface area contributed by atoms with Crippen LogP contribution >= 0.6 is 15.9 Å². The zero-order chi connectivity index (χ0) is 14.4. The van der Waals surface area contributed by atoms with E-state index in [1.54, 1.807) is 0 Å². The van der Waals surface area contributed by atoms with Crippen LogP contribution < -0.4 is 10.7 Å². The van der Waals surface area contributed by atoms with E-state index in [9.17, 15) is 4.79 Å². The zero-order valence-corrected chi connectivity index (χ0v) is 12.6. The van der Waals surface area contributed by atoms with Gasteiger partial charge in [0, 0.05) is 22.1 Å². The number of hydrogen-bond acceptors (Lipinski definition) is 3. The lowest BCUT2D eigenvalue weighted by Crippen LogP contribution is -2.42. The van der Waals surface area contributed by atoms with Crippen molar-refractivity contribution in [2.24, 2.45) is 5.10 Å². The Kier molecular flexibility index (Phi) is 2.65. The fourth-order valence-corrected chi connectivity index (χ4v) is 3.17. The van der Waals surface area contributed by atoms with Gasteiger partial charge in [0.15, 0.2) is 5.54 Å². The number of carbonyl (C=O) groups excluding carboxylic acids is 1. The molecule has 2 heterocycles. The number of amides is 1. The Morgan fingerprint density at radius 3 is 2.67 bits per heavy atom. The Bertz CT molecular complexity index is 769. The molecule has 21 heavy (non-hydrogen) atoms. The maximum Gasteiger partial charge on any atom is 0.256 e.